The van der Waals surface area contributed by atoms with Crippen LogP contribution in [0.5, 0.6) is 0 Å². The molecule has 1 fully saturated rings. The number of carboxylic acid groups (broad SMARTS) is 1. The maximum atomic E-state index is 11.1. The van der Waals surface area contributed by atoms with Crippen LogP contribution in [-0.2, 0) is 4.79 Å². The zero-order valence-electron chi connectivity index (χ0n) is 6.67. The summed E-state index contributed by atoms with van der Waals surface area (Å²) in [6.45, 7) is 1.58. The minimum atomic E-state index is -1.27. The van der Waals surface area contributed by atoms with Gasteiger partial charge >= 0.3 is 6.09 Å². The van der Waals surface area contributed by atoms with Gasteiger partial charge in [-0.05, 0) is 25.9 Å². The predicted molar refractivity (Wildman–Crippen MR) is 41.8 cm³/mol. The fraction of sp³-hybridized carbons (Fsp3) is 0.714. The highest BCUT2D eigenvalue weighted by Crippen LogP contribution is 2.10. The fourth-order valence-corrected chi connectivity index (χ4v) is 1.29. The number of amides is 2. The summed E-state index contributed by atoms with van der Waals surface area (Å²) >= 11 is 0. The molecule has 0 aromatic rings. The average molecular weight is 172 g/mol. The van der Waals surface area contributed by atoms with Gasteiger partial charge < -0.3 is 10.4 Å². The highest BCUT2D eigenvalue weighted by Gasteiger charge is 2.21. The second-order valence-corrected chi connectivity index (χ2v) is 2.82. The zero-order valence-corrected chi connectivity index (χ0v) is 6.67. The third kappa shape index (κ3) is 2.50. The first kappa shape index (κ1) is 8.99. The van der Waals surface area contributed by atoms with Crippen molar-refractivity contribution in [3.8, 4) is 0 Å². The summed E-state index contributed by atoms with van der Waals surface area (Å²) in [4.78, 5) is 21.2. The van der Waals surface area contributed by atoms with E-state index in [1.54, 1.807) is 0 Å². The first-order valence-corrected chi connectivity index (χ1v) is 3.94. The molecule has 0 saturated carbocycles. The van der Waals surface area contributed by atoms with Crippen LogP contribution in [0.2, 0.25) is 0 Å². The molecule has 0 aromatic heterocycles. The topological polar surface area (TPSA) is 78.4 Å². The van der Waals surface area contributed by atoms with Gasteiger partial charge in [-0.3, -0.25) is 10.1 Å². The van der Waals surface area contributed by atoms with E-state index in [0.29, 0.717) is 0 Å². The first-order valence-electron chi connectivity index (χ1n) is 3.94. The summed E-state index contributed by atoms with van der Waals surface area (Å²) < 4.78 is 0. The lowest BCUT2D eigenvalue weighted by Gasteiger charge is -2.20. The smallest absolute Gasteiger partial charge is 0.411 e. The molecule has 0 bridgehead atoms. The molecule has 0 aromatic carbocycles. The summed E-state index contributed by atoms with van der Waals surface area (Å²) in [7, 11) is 0. The molecule has 2 amide bonds. The Morgan fingerprint density at radius 1 is 1.33 bits per heavy atom. The van der Waals surface area contributed by atoms with Crippen molar-refractivity contribution in [1.29, 1.82) is 0 Å². The van der Waals surface area contributed by atoms with E-state index in [1.807, 2.05) is 5.32 Å². The van der Waals surface area contributed by atoms with Gasteiger partial charge in [-0.1, -0.05) is 0 Å². The minimum absolute atomic E-state index is 0.137. The Morgan fingerprint density at radius 3 is 2.42 bits per heavy atom. The monoisotopic (exact) mass is 172 g/mol. The number of nitrogens with one attached hydrogen (secondary N) is 2. The van der Waals surface area contributed by atoms with E-state index in [2.05, 4.69) is 5.32 Å². The average Bonchev–Trinajstić information content (AvgIpc) is 2.05. The van der Waals surface area contributed by atoms with E-state index in [1.165, 1.54) is 0 Å². The molecule has 0 unspecified atom stereocenters. The lowest BCUT2D eigenvalue weighted by Crippen LogP contribution is -2.40. The largest absolute Gasteiger partial charge is 0.465 e. The highest BCUT2D eigenvalue weighted by atomic mass is 16.4. The van der Waals surface area contributed by atoms with Crippen LogP contribution < -0.4 is 10.6 Å². The SMILES string of the molecule is O=C(O)NC(=O)C1CCNCC1. The molecule has 5 nitrogen and oxygen atoms in total. The number of rotatable bonds is 1. The van der Waals surface area contributed by atoms with Gasteiger partial charge in [0.1, 0.15) is 0 Å². The maximum absolute atomic E-state index is 11.1. The standard InChI is InChI=1S/C7H12N2O3/c10-6(9-7(11)12)5-1-3-8-4-2-5/h5,8H,1-4H2,(H,9,10)(H,11,12). The summed E-state index contributed by atoms with van der Waals surface area (Å²) in [5.41, 5.74) is 0. The van der Waals surface area contributed by atoms with E-state index >= 15 is 0 Å². The van der Waals surface area contributed by atoms with Crippen molar-refractivity contribution in [3.05, 3.63) is 0 Å². The van der Waals surface area contributed by atoms with E-state index in [0.717, 1.165) is 25.9 Å². The molecule has 1 saturated heterocycles. The molecule has 1 rings (SSSR count). The van der Waals surface area contributed by atoms with Gasteiger partial charge in [0.2, 0.25) is 5.91 Å². The van der Waals surface area contributed by atoms with Gasteiger partial charge in [-0.25, -0.2) is 4.79 Å². The Labute approximate surface area is 70.1 Å². The molecule has 0 atom stereocenters. The molecule has 0 spiro atoms. The molecule has 1 aliphatic heterocycles. The van der Waals surface area contributed by atoms with Crippen LogP contribution in [0.1, 0.15) is 12.8 Å². The van der Waals surface area contributed by atoms with Gasteiger partial charge in [0.15, 0.2) is 0 Å². The molecular weight excluding hydrogens is 160 g/mol. The second kappa shape index (κ2) is 4.06. The summed E-state index contributed by atoms with van der Waals surface area (Å²) in [6.07, 6.45) is 0.177. The van der Waals surface area contributed by atoms with Crippen molar-refractivity contribution in [2.45, 2.75) is 12.8 Å². The van der Waals surface area contributed by atoms with E-state index in [4.69, 9.17) is 5.11 Å². The summed E-state index contributed by atoms with van der Waals surface area (Å²) in [5.74, 6) is -0.508. The number of hydrogen-bond acceptors (Lipinski definition) is 3. The van der Waals surface area contributed by atoms with Crippen LogP contribution in [0.4, 0.5) is 4.79 Å². The van der Waals surface area contributed by atoms with Gasteiger partial charge in [-0.2, -0.15) is 0 Å². The molecule has 68 valence electrons. The third-order valence-electron chi connectivity index (χ3n) is 1.94. The Bertz CT molecular complexity index is 187. The molecule has 5 heteroatoms. The van der Waals surface area contributed by atoms with Crippen LogP contribution in [0.25, 0.3) is 0 Å². The van der Waals surface area contributed by atoms with Gasteiger partial charge in [0, 0.05) is 5.92 Å². The Morgan fingerprint density at radius 2 is 1.92 bits per heavy atom. The van der Waals surface area contributed by atoms with Crippen molar-refractivity contribution < 1.29 is 14.7 Å². The van der Waals surface area contributed by atoms with Crippen LogP contribution in [-0.4, -0.2) is 30.2 Å². The van der Waals surface area contributed by atoms with Crippen molar-refractivity contribution in [3.63, 3.8) is 0 Å². The van der Waals surface area contributed by atoms with Crippen LogP contribution in [0.15, 0.2) is 0 Å². The lowest BCUT2D eigenvalue weighted by molar-refractivity contribution is -0.124. The van der Waals surface area contributed by atoms with Crippen LogP contribution in [0.3, 0.4) is 0 Å². The predicted octanol–water partition coefficient (Wildman–Crippen LogP) is -0.220. The molecule has 12 heavy (non-hydrogen) atoms. The van der Waals surface area contributed by atoms with Crippen molar-refractivity contribution in [1.82, 2.24) is 10.6 Å². The highest BCUT2D eigenvalue weighted by molar-refractivity contribution is 5.92. The quantitative estimate of drug-likeness (QED) is 0.511. The Hall–Kier alpha value is -1.10. The van der Waals surface area contributed by atoms with Crippen molar-refractivity contribution >= 4 is 12.0 Å². The van der Waals surface area contributed by atoms with E-state index in [-0.39, 0.29) is 11.8 Å². The van der Waals surface area contributed by atoms with Crippen molar-refractivity contribution in [2.75, 3.05) is 13.1 Å². The van der Waals surface area contributed by atoms with Gasteiger partial charge in [0.25, 0.3) is 0 Å². The number of carbonyl (C=O) groups excluding carboxylic acids is 1. The summed E-state index contributed by atoms with van der Waals surface area (Å²) in [6, 6.07) is 0. The third-order valence-corrected chi connectivity index (χ3v) is 1.94. The normalized spacial score (nSPS) is 18.7. The Kier molecular flexibility index (Phi) is 3.04. The molecule has 0 radical (unpaired) electrons. The van der Waals surface area contributed by atoms with Gasteiger partial charge in [-0.15, -0.1) is 0 Å². The van der Waals surface area contributed by atoms with Crippen molar-refractivity contribution in [2.24, 2.45) is 5.92 Å². The number of piperidine rings is 1. The molecule has 1 heterocycles. The number of carbonyl (C=O) groups is 2. The van der Waals surface area contributed by atoms with Crippen LogP contribution in [0, 0.1) is 5.92 Å². The lowest BCUT2D eigenvalue weighted by atomic mass is 9.97. The first-order chi connectivity index (χ1) is 5.70. The van der Waals surface area contributed by atoms with Crippen LogP contribution >= 0.6 is 0 Å². The Balaban J connectivity index is 2.34. The molecule has 3 N–H and O–H groups in total. The summed E-state index contributed by atoms with van der Waals surface area (Å²) in [5, 5.41) is 13.2. The minimum Gasteiger partial charge on any atom is -0.465 e. The molecule has 1 aliphatic rings. The van der Waals surface area contributed by atoms with E-state index < -0.39 is 6.09 Å². The van der Waals surface area contributed by atoms with Gasteiger partial charge in [0.05, 0.1) is 0 Å². The fourth-order valence-electron chi connectivity index (χ4n) is 1.29. The molecular formula is C7H12N2O3. The number of hydrogen-bond donors (Lipinski definition) is 3. The number of imide groups is 1. The van der Waals surface area contributed by atoms with E-state index in [9.17, 15) is 9.59 Å². The second-order valence-electron chi connectivity index (χ2n) is 2.82. The maximum Gasteiger partial charge on any atom is 0.411 e. The zero-order chi connectivity index (χ0) is 8.97. The molecule has 0 aliphatic carbocycles.